The largest absolute Gasteiger partial charge is 0.288 e. The van der Waals surface area contributed by atoms with Gasteiger partial charge in [-0.1, -0.05) is 4.47 Å². The molecule has 6 nitrogen and oxygen atoms in total. The van der Waals surface area contributed by atoms with Crippen molar-refractivity contribution in [2.24, 2.45) is 0 Å². The smallest absolute Gasteiger partial charge is 0.281 e. The third-order valence-corrected chi connectivity index (χ3v) is 2.96. The summed E-state index contributed by atoms with van der Waals surface area (Å²) in [6.45, 7) is 0. The van der Waals surface area contributed by atoms with Crippen LogP contribution in [0.2, 0.25) is 0 Å². The van der Waals surface area contributed by atoms with E-state index in [1.807, 2.05) is 0 Å². The van der Waals surface area contributed by atoms with Crippen LogP contribution in [-0.2, 0) is 14.9 Å². The highest BCUT2D eigenvalue weighted by Gasteiger charge is 2.21. The minimum absolute atomic E-state index is 0.00634. The lowest BCUT2D eigenvalue weighted by Crippen LogP contribution is -2.25. The van der Waals surface area contributed by atoms with E-state index in [-0.39, 0.29) is 5.03 Å². The quantitative estimate of drug-likeness (QED) is 0.659. The molecular formula is C5H9N3O3S. The summed E-state index contributed by atoms with van der Waals surface area (Å²) in [5.41, 5.74) is 0. The zero-order valence-electron chi connectivity index (χ0n) is 6.68. The zero-order valence-corrected chi connectivity index (χ0v) is 7.50. The van der Waals surface area contributed by atoms with Gasteiger partial charge in [0.2, 0.25) is 0 Å². The number of sulfonamides is 1. The zero-order chi connectivity index (χ0) is 9.19. The van der Waals surface area contributed by atoms with Crippen molar-refractivity contribution >= 4 is 10.0 Å². The molecule has 0 aromatic carbocycles. The standard InChI is InChI=1S/C5H9N3O3S/c1-8(11-2)12(9,10)5-3-4-6-7-5/h3-4H,1-2H3,(H,6,7). The van der Waals surface area contributed by atoms with Crippen LogP contribution in [0.25, 0.3) is 0 Å². The highest BCUT2D eigenvalue weighted by molar-refractivity contribution is 7.88. The molecule has 0 radical (unpaired) electrons. The van der Waals surface area contributed by atoms with Crippen LogP contribution in [-0.4, -0.2) is 37.2 Å². The van der Waals surface area contributed by atoms with Gasteiger partial charge in [-0.05, 0) is 6.07 Å². The molecule has 12 heavy (non-hydrogen) atoms. The van der Waals surface area contributed by atoms with Gasteiger partial charge in [-0.3, -0.25) is 9.94 Å². The van der Waals surface area contributed by atoms with Crippen LogP contribution in [0.5, 0.6) is 0 Å². The first-order valence-corrected chi connectivity index (χ1v) is 4.55. The Labute approximate surface area is 70.1 Å². The molecule has 68 valence electrons. The highest BCUT2D eigenvalue weighted by atomic mass is 32.2. The van der Waals surface area contributed by atoms with E-state index in [2.05, 4.69) is 15.0 Å². The SMILES string of the molecule is CON(C)S(=O)(=O)c1ccn[nH]1. The Hall–Kier alpha value is -0.920. The van der Waals surface area contributed by atoms with E-state index in [0.29, 0.717) is 0 Å². The van der Waals surface area contributed by atoms with E-state index >= 15 is 0 Å². The van der Waals surface area contributed by atoms with Gasteiger partial charge in [0.1, 0.15) is 0 Å². The number of aromatic amines is 1. The number of hydroxylamine groups is 1. The topological polar surface area (TPSA) is 75.3 Å². The van der Waals surface area contributed by atoms with E-state index in [9.17, 15) is 8.42 Å². The molecule has 0 bridgehead atoms. The molecule has 0 atom stereocenters. The minimum atomic E-state index is -3.55. The third kappa shape index (κ3) is 1.47. The first-order chi connectivity index (χ1) is 5.59. The maximum absolute atomic E-state index is 11.4. The summed E-state index contributed by atoms with van der Waals surface area (Å²) in [5, 5.41) is 5.86. The van der Waals surface area contributed by atoms with E-state index in [0.717, 1.165) is 4.47 Å². The molecule has 1 rings (SSSR count). The summed E-state index contributed by atoms with van der Waals surface area (Å²) in [6, 6.07) is 1.35. The second-order valence-corrected chi connectivity index (χ2v) is 3.92. The van der Waals surface area contributed by atoms with Gasteiger partial charge >= 0.3 is 0 Å². The summed E-state index contributed by atoms with van der Waals surface area (Å²) in [5.74, 6) is 0. The molecule has 1 aromatic heterocycles. The number of nitrogens with zero attached hydrogens (tertiary/aromatic N) is 2. The van der Waals surface area contributed by atoms with Crippen LogP contribution in [0.3, 0.4) is 0 Å². The van der Waals surface area contributed by atoms with Crippen LogP contribution in [0.15, 0.2) is 17.3 Å². The molecule has 0 saturated carbocycles. The lowest BCUT2D eigenvalue weighted by Gasteiger charge is -2.11. The fraction of sp³-hybridized carbons (Fsp3) is 0.400. The van der Waals surface area contributed by atoms with Gasteiger partial charge in [0.25, 0.3) is 10.0 Å². The molecule has 0 aliphatic heterocycles. The van der Waals surface area contributed by atoms with Crippen LogP contribution < -0.4 is 0 Å². The Morgan fingerprint density at radius 3 is 2.75 bits per heavy atom. The average Bonchev–Trinajstić information content (AvgIpc) is 2.55. The number of nitrogens with one attached hydrogen (secondary N) is 1. The Bertz CT molecular complexity index is 331. The Morgan fingerprint density at radius 2 is 2.33 bits per heavy atom. The van der Waals surface area contributed by atoms with Crippen molar-refractivity contribution < 1.29 is 13.3 Å². The van der Waals surface area contributed by atoms with Crippen LogP contribution in [0.1, 0.15) is 0 Å². The van der Waals surface area contributed by atoms with Gasteiger partial charge in [-0.15, -0.1) is 0 Å². The van der Waals surface area contributed by atoms with E-state index in [1.165, 1.54) is 26.4 Å². The van der Waals surface area contributed by atoms with E-state index in [1.54, 1.807) is 0 Å². The van der Waals surface area contributed by atoms with Crippen molar-refractivity contribution in [3.63, 3.8) is 0 Å². The van der Waals surface area contributed by atoms with Crippen molar-refractivity contribution in [1.29, 1.82) is 0 Å². The predicted molar refractivity (Wildman–Crippen MR) is 40.5 cm³/mol. The van der Waals surface area contributed by atoms with Gasteiger partial charge in [-0.2, -0.15) is 5.10 Å². The first kappa shape index (κ1) is 9.17. The summed E-state index contributed by atoms with van der Waals surface area (Å²) in [6.07, 6.45) is 1.36. The van der Waals surface area contributed by atoms with Crippen LogP contribution in [0, 0.1) is 0 Å². The average molecular weight is 191 g/mol. The second-order valence-electron chi connectivity index (χ2n) is 2.02. The van der Waals surface area contributed by atoms with Gasteiger partial charge in [0.15, 0.2) is 5.03 Å². The lowest BCUT2D eigenvalue weighted by molar-refractivity contribution is -0.0261. The van der Waals surface area contributed by atoms with Gasteiger partial charge in [0.05, 0.1) is 13.3 Å². The number of H-pyrrole nitrogens is 1. The summed E-state index contributed by atoms with van der Waals surface area (Å²) in [4.78, 5) is 4.54. The summed E-state index contributed by atoms with van der Waals surface area (Å²) < 4.78 is 23.5. The molecule has 0 aliphatic carbocycles. The normalized spacial score (nSPS) is 12.2. The molecule has 7 heteroatoms. The molecule has 0 unspecified atom stereocenters. The molecule has 0 amide bonds. The van der Waals surface area contributed by atoms with Crippen LogP contribution >= 0.6 is 0 Å². The van der Waals surface area contributed by atoms with Crippen molar-refractivity contribution in [1.82, 2.24) is 14.7 Å². The highest BCUT2D eigenvalue weighted by Crippen LogP contribution is 2.08. The summed E-state index contributed by atoms with van der Waals surface area (Å²) in [7, 11) is -0.979. The fourth-order valence-corrected chi connectivity index (χ4v) is 1.50. The van der Waals surface area contributed by atoms with Crippen molar-refractivity contribution in [3.8, 4) is 0 Å². The minimum Gasteiger partial charge on any atom is -0.288 e. The molecule has 1 heterocycles. The molecular weight excluding hydrogens is 182 g/mol. The molecule has 1 aromatic rings. The number of rotatable bonds is 3. The maximum Gasteiger partial charge on any atom is 0.281 e. The number of aromatic nitrogens is 2. The maximum atomic E-state index is 11.4. The van der Waals surface area contributed by atoms with Crippen LogP contribution in [0.4, 0.5) is 0 Å². The third-order valence-electron chi connectivity index (χ3n) is 1.35. The molecule has 0 fully saturated rings. The van der Waals surface area contributed by atoms with Crippen molar-refractivity contribution in [3.05, 3.63) is 12.3 Å². The van der Waals surface area contributed by atoms with Crippen molar-refractivity contribution in [2.45, 2.75) is 5.03 Å². The fourth-order valence-electron chi connectivity index (χ4n) is 0.623. The molecule has 0 saturated heterocycles. The second kappa shape index (κ2) is 3.21. The Kier molecular flexibility index (Phi) is 2.46. The van der Waals surface area contributed by atoms with Crippen molar-refractivity contribution in [2.75, 3.05) is 14.2 Å². The number of hydrogen-bond acceptors (Lipinski definition) is 4. The monoisotopic (exact) mass is 191 g/mol. The summed E-state index contributed by atoms with van der Waals surface area (Å²) >= 11 is 0. The van der Waals surface area contributed by atoms with Gasteiger partial charge < -0.3 is 0 Å². The van der Waals surface area contributed by atoms with E-state index < -0.39 is 10.0 Å². The first-order valence-electron chi connectivity index (χ1n) is 3.11. The number of hydrogen-bond donors (Lipinski definition) is 1. The molecule has 0 aliphatic rings. The molecule has 0 spiro atoms. The molecule has 1 N–H and O–H groups in total. The van der Waals surface area contributed by atoms with Gasteiger partial charge in [-0.25, -0.2) is 8.42 Å². The Balaban J connectivity index is 3.03. The predicted octanol–water partition coefficient (Wildman–Crippen LogP) is -0.408. The Morgan fingerprint density at radius 1 is 1.67 bits per heavy atom. The lowest BCUT2D eigenvalue weighted by atomic mass is 10.8. The van der Waals surface area contributed by atoms with E-state index in [4.69, 9.17) is 0 Å². The van der Waals surface area contributed by atoms with Gasteiger partial charge in [0, 0.05) is 7.05 Å².